The number of nitrogens with one attached hydrogen (secondary N) is 1. The molecule has 0 bridgehead atoms. The Morgan fingerprint density at radius 3 is 2.87 bits per heavy atom. The first kappa shape index (κ1) is 15.3. The molecule has 0 spiro atoms. The summed E-state index contributed by atoms with van der Waals surface area (Å²) in [4.78, 5) is 21.7. The number of aromatic nitrogens is 2. The lowest BCUT2D eigenvalue weighted by Gasteiger charge is -2.04. The summed E-state index contributed by atoms with van der Waals surface area (Å²) in [7, 11) is 0. The van der Waals surface area contributed by atoms with Crippen LogP contribution in [-0.4, -0.2) is 15.9 Å². The first-order valence-corrected chi connectivity index (χ1v) is 7.86. The van der Waals surface area contributed by atoms with Crippen LogP contribution in [0.3, 0.4) is 0 Å². The van der Waals surface area contributed by atoms with Crippen molar-refractivity contribution in [1.29, 1.82) is 0 Å². The Labute approximate surface area is 137 Å². The summed E-state index contributed by atoms with van der Waals surface area (Å²) in [5.74, 6) is -0.580. The van der Waals surface area contributed by atoms with E-state index in [9.17, 15) is 9.18 Å². The fourth-order valence-corrected chi connectivity index (χ4v) is 3.15. The Hall–Kier alpha value is -2.60. The van der Waals surface area contributed by atoms with Gasteiger partial charge in [-0.05, 0) is 37.3 Å². The second-order valence-electron chi connectivity index (χ2n) is 4.98. The molecule has 3 rings (SSSR count). The molecule has 2 aromatic heterocycles. The zero-order chi connectivity index (χ0) is 16.2. The van der Waals surface area contributed by atoms with Crippen molar-refractivity contribution in [3.63, 3.8) is 0 Å². The number of anilines is 1. The molecule has 0 radical (unpaired) electrons. The first-order chi connectivity index (χ1) is 11.1. The summed E-state index contributed by atoms with van der Waals surface area (Å²) < 4.78 is 13.1. The van der Waals surface area contributed by atoms with E-state index in [0.717, 1.165) is 21.3 Å². The molecule has 0 atom stereocenters. The number of hydrogen-bond acceptors (Lipinski definition) is 4. The molecular formula is C17H14FN3OS. The van der Waals surface area contributed by atoms with Crippen molar-refractivity contribution >= 4 is 22.9 Å². The third-order valence-corrected chi connectivity index (χ3v) is 4.39. The minimum atomic E-state index is -0.380. The van der Waals surface area contributed by atoms with Crippen molar-refractivity contribution in [3.8, 4) is 10.7 Å². The van der Waals surface area contributed by atoms with Crippen LogP contribution < -0.4 is 5.32 Å². The van der Waals surface area contributed by atoms with E-state index in [1.54, 1.807) is 18.3 Å². The quantitative estimate of drug-likeness (QED) is 0.792. The highest BCUT2D eigenvalue weighted by atomic mass is 32.1. The predicted molar refractivity (Wildman–Crippen MR) is 88.8 cm³/mol. The molecule has 1 aromatic carbocycles. The van der Waals surface area contributed by atoms with Gasteiger partial charge in [0, 0.05) is 16.8 Å². The summed E-state index contributed by atoms with van der Waals surface area (Å²) >= 11 is 1.45. The summed E-state index contributed by atoms with van der Waals surface area (Å²) in [6.45, 7) is 1.87. The SMILES string of the molecule is Cc1nc(-c2ccccn2)sc1CC(=O)Nc1cccc(F)c1. The van der Waals surface area contributed by atoms with Crippen LogP contribution in [0.1, 0.15) is 10.6 Å². The normalized spacial score (nSPS) is 10.5. The standard InChI is InChI=1S/C17H14FN3OS/c1-11-15(23-17(20-11)14-7-2-3-8-19-14)10-16(22)21-13-6-4-5-12(18)9-13/h2-9H,10H2,1H3,(H,21,22). The van der Waals surface area contributed by atoms with Crippen molar-refractivity contribution in [2.75, 3.05) is 5.32 Å². The highest BCUT2D eigenvalue weighted by molar-refractivity contribution is 7.15. The Balaban J connectivity index is 1.73. The van der Waals surface area contributed by atoms with Gasteiger partial charge in [0.15, 0.2) is 0 Å². The molecular weight excluding hydrogens is 313 g/mol. The Morgan fingerprint density at radius 1 is 1.26 bits per heavy atom. The minimum Gasteiger partial charge on any atom is -0.326 e. The van der Waals surface area contributed by atoms with E-state index in [0.29, 0.717) is 5.69 Å². The van der Waals surface area contributed by atoms with E-state index in [4.69, 9.17) is 0 Å². The van der Waals surface area contributed by atoms with Crippen molar-refractivity contribution in [3.05, 3.63) is 65.0 Å². The number of hydrogen-bond donors (Lipinski definition) is 1. The molecule has 3 aromatic rings. The van der Waals surface area contributed by atoms with Gasteiger partial charge in [-0.15, -0.1) is 11.3 Å². The maximum atomic E-state index is 13.1. The number of pyridine rings is 1. The van der Waals surface area contributed by atoms with Gasteiger partial charge in [-0.3, -0.25) is 9.78 Å². The highest BCUT2D eigenvalue weighted by Gasteiger charge is 2.13. The summed E-state index contributed by atoms with van der Waals surface area (Å²) in [5.41, 5.74) is 2.05. The summed E-state index contributed by atoms with van der Waals surface area (Å²) in [6.07, 6.45) is 1.91. The maximum absolute atomic E-state index is 13.1. The van der Waals surface area contributed by atoms with Gasteiger partial charge >= 0.3 is 0 Å². The predicted octanol–water partition coefficient (Wildman–Crippen LogP) is 3.83. The van der Waals surface area contributed by atoms with Crippen LogP contribution in [0, 0.1) is 12.7 Å². The van der Waals surface area contributed by atoms with Gasteiger partial charge in [-0.2, -0.15) is 0 Å². The number of nitrogens with zero attached hydrogens (tertiary/aromatic N) is 2. The summed E-state index contributed by atoms with van der Waals surface area (Å²) in [6, 6.07) is 11.5. The topological polar surface area (TPSA) is 54.9 Å². The van der Waals surface area contributed by atoms with Gasteiger partial charge in [-0.25, -0.2) is 9.37 Å². The van der Waals surface area contributed by atoms with Crippen molar-refractivity contribution < 1.29 is 9.18 Å². The molecule has 116 valence electrons. The molecule has 0 fully saturated rings. The monoisotopic (exact) mass is 327 g/mol. The number of aryl methyl sites for hydroxylation is 1. The van der Waals surface area contributed by atoms with Gasteiger partial charge in [0.1, 0.15) is 10.8 Å². The second-order valence-corrected chi connectivity index (χ2v) is 6.06. The number of amides is 1. The molecule has 2 heterocycles. The molecule has 4 nitrogen and oxygen atoms in total. The average molecular weight is 327 g/mol. The van der Waals surface area contributed by atoms with Crippen molar-refractivity contribution in [2.45, 2.75) is 13.3 Å². The maximum Gasteiger partial charge on any atom is 0.229 e. The van der Waals surface area contributed by atoms with Gasteiger partial charge in [0.05, 0.1) is 17.8 Å². The molecule has 0 aliphatic carbocycles. The van der Waals surface area contributed by atoms with Gasteiger partial charge in [0.2, 0.25) is 5.91 Å². The molecule has 0 unspecified atom stereocenters. The molecule has 23 heavy (non-hydrogen) atoms. The number of carbonyl (C=O) groups is 1. The smallest absolute Gasteiger partial charge is 0.229 e. The number of carbonyl (C=O) groups excluding carboxylic acids is 1. The van der Waals surface area contributed by atoms with Crippen LogP contribution in [0.15, 0.2) is 48.7 Å². The Bertz CT molecular complexity index is 833. The Kier molecular flexibility index (Phi) is 4.43. The van der Waals surface area contributed by atoms with Crippen LogP contribution >= 0.6 is 11.3 Å². The number of thiazole rings is 1. The number of halogens is 1. The molecule has 0 aliphatic heterocycles. The highest BCUT2D eigenvalue weighted by Crippen LogP contribution is 2.26. The molecule has 0 aliphatic rings. The van der Waals surface area contributed by atoms with Gasteiger partial charge in [0.25, 0.3) is 0 Å². The lowest BCUT2D eigenvalue weighted by molar-refractivity contribution is -0.115. The van der Waals surface area contributed by atoms with Gasteiger partial charge in [-0.1, -0.05) is 12.1 Å². The summed E-state index contributed by atoms with van der Waals surface area (Å²) in [5, 5.41) is 3.48. The van der Waals surface area contributed by atoms with Crippen LogP contribution in [0.5, 0.6) is 0 Å². The fourth-order valence-electron chi connectivity index (χ4n) is 2.11. The van der Waals surface area contributed by atoms with Crippen molar-refractivity contribution in [1.82, 2.24) is 9.97 Å². The van der Waals surface area contributed by atoms with Crippen LogP contribution in [0.4, 0.5) is 10.1 Å². The lowest BCUT2D eigenvalue weighted by atomic mass is 10.2. The third-order valence-electron chi connectivity index (χ3n) is 3.21. The molecule has 1 N–H and O–H groups in total. The van der Waals surface area contributed by atoms with Crippen LogP contribution in [0.25, 0.3) is 10.7 Å². The minimum absolute atomic E-state index is 0.199. The molecule has 0 saturated carbocycles. The molecule has 6 heteroatoms. The largest absolute Gasteiger partial charge is 0.326 e. The van der Waals surface area contributed by atoms with E-state index < -0.39 is 0 Å². The van der Waals surface area contributed by atoms with Crippen LogP contribution in [0.2, 0.25) is 0 Å². The first-order valence-electron chi connectivity index (χ1n) is 7.05. The number of rotatable bonds is 4. The zero-order valence-corrected chi connectivity index (χ0v) is 13.2. The van der Waals surface area contributed by atoms with E-state index in [-0.39, 0.29) is 18.1 Å². The zero-order valence-electron chi connectivity index (χ0n) is 12.4. The van der Waals surface area contributed by atoms with E-state index >= 15 is 0 Å². The second kappa shape index (κ2) is 6.66. The molecule has 1 amide bonds. The van der Waals surface area contributed by atoms with Crippen molar-refractivity contribution in [2.24, 2.45) is 0 Å². The van der Waals surface area contributed by atoms with E-state index in [2.05, 4.69) is 15.3 Å². The van der Waals surface area contributed by atoms with Crippen LogP contribution in [-0.2, 0) is 11.2 Å². The lowest BCUT2D eigenvalue weighted by Crippen LogP contribution is -2.14. The van der Waals surface area contributed by atoms with Gasteiger partial charge < -0.3 is 5.32 Å². The third kappa shape index (κ3) is 3.78. The average Bonchev–Trinajstić information content (AvgIpc) is 2.89. The Morgan fingerprint density at radius 2 is 2.13 bits per heavy atom. The van der Waals surface area contributed by atoms with E-state index in [1.807, 2.05) is 25.1 Å². The molecule has 0 saturated heterocycles. The number of benzene rings is 1. The fraction of sp³-hybridized carbons (Fsp3) is 0.118. The van der Waals surface area contributed by atoms with E-state index in [1.165, 1.54) is 23.5 Å².